The summed E-state index contributed by atoms with van der Waals surface area (Å²) in [6.45, 7) is 5.76. The minimum atomic E-state index is -0.824. The minimum Gasteiger partial charge on any atom is -0.481 e. The van der Waals surface area contributed by atoms with Gasteiger partial charge in [0.25, 0.3) is 0 Å². The van der Waals surface area contributed by atoms with E-state index in [1.54, 1.807) is 13.8 Å². The van der Waals surface area contributed by atoms with Crippen molar-refractivity contribution in [1.82, 2.24) is 10.6 Å². The van der Waals surface area contributed by atoms with Crippen molar-refractivity contribution in [3.05, 3.63) is 0 Å². The molecule has 0 bridgehead atoms. The van der Waals surface area contributed by atoms with E-state index in [4.69, 9.17) is 5.11 Å². The molecule has 0 unspecified atom stereocenters. The van der Waals surface area contributed by atoms with Crippen molar-refractivity contribution in [3.63, 3.8) is 0 Å². The molecule has 1 aliphatic heterocycles. The zero-order chi connectivity index (χ0) is 13.6. The Bertz CT molecular complexity index is 297. The lowest BCUT2D eigenvalue weighted by Gasteiger charge is -2.22. The average molecular weight is 256 g/mol. The van der Waals surface area contributed by atoms with Crippen LogP contribution in [-0.2, 0) is 9.59 Å². The predicted octanol–water partition coefficient (Wildman–Crippen LogP) is 0.993. The Morgan fingerprint density at radius 1 is 1.33 bits per heavy atom. The molecule has 0 spiro atoms. The molecule has 1 fully saturated rings. The van der Waals surface area contributed by atoms with Crippen LogP contribution in [0.3, 0.4) is 0 Å². The third-order valence-electron chi connectivity index (χ3n) is 3.58. The summed E-state index contributed by atoms with van der Waals surface area (Å²) in [6.07, 6.45) is 3.12. The van der Waals surface area contributed by atoms with E-state index in [-0.39, 0.29) is 5.91 Å². The number of carboxylic acids is 1. The number of piperidine rings is 1. The summed E-state index contributed by atoms with van der Waals surface area (Å²) < 4.78 is 0. The Hall–Kier alpha value is -1.10. The molecular weight excluding hydrogens is 232 g/mol. The Morgan fingerprint density at radius 2 is 1.94 bits per heavy atom. The zero-order valence-corrected chi connectivity index (χ0v) is 11.3. The van der Waals surface area contributed by atoms with Crippen LogP contribution in [0.25, 0.3) is 0 Å². The Balaban J connectivity index is 2.18. The number of hydrogen-bond donors (Lipinski definition) is 3. The summed E-state index contributed by atoms with van der Waals surface area (Å²) in [4.78, 5) is 22.6. The van der Waals surface area contributed by atoms with Crippen molar-refractivity contribution >= 4 is 11.9 Å². The first kappa shape index (κ1) is 15.0. The first-order valence-electron chi connectivity index (χ1n) is 6.62. The minimum absolute atomic E-state index is 0.0445. The Labute approximate surface area is 108 Å². The van der Waals surface area contributed by atoms with Gasteiger partial charge < -0.3 is 15.7 Å². The molecule has 0 radical (unpaired) electrons. The molecule has 1 aliphatic rings. The highest BCUT2D eigenvalue weighted by molar-refractivity contribution is 5.76. The summed E-state index contributed by atoms with van der Waals surface area (Å²) in [5.74, 6) is -0.308. The maximum absolute atomic E-state index is 11.7. The number of nitrogens with one attached hydrogen (secondary N) is 2. The fraction of sp³-hybridized carbons (Fsp3) is 0.846. The maximum atomic E-state index is 11.7. The van der Waals surface area contributed by atoms with Gasteiger partial charge in [-0.25, -0.2) is 0 Å². The quantitative estimate of drug-likeness (QED) is 0.662. The monoisotopic (exact) mass is 256 g/mol. The molecule has 0 aromatic rings. The van der Waals surface area contributed by atoms with Crippen LogP contribution in [0.1, 0.15) is 39.5 Å². The second-order valence-corrected chi connectivity index (χ2v) is 5.69. The van der Waals surface area contributed by atoms with E-state index >= 15 is 0 Å². The van der Waals surface area contributed by atoms with Crippen LogP contribution in [0.2, 0.25) is 0 Å². The lowest BCUT2D eigenvalue weighted by molar-refractivity contribution is -0.147. The molecule has 0 atom stereocenters. The first-order chi connectivity index (χ1) is 8.42. The Kier molecular flexibility index (Phi) is 5.59. The van der Waals surface area contributed by atoms with E-state index in [0.717, 1.165) is 25.9 Å². The zero-order valence-electron chi connectivity index (χ0n) is 11.3. The highest BCUT2D eigenvalue weighted by atomic mass is 16.4. The third-order valence-corrected chi connectivity index (χ3v) is 3.58. The molecule has 3 N–H and O–H groups in total. The lowest BCUT2D eigenvalue weighted by Crippen LogP contribution is -2.34. The fourth-order valence-corrected chi connectivity index (χ4v) is 2.04. The van der Waals surface area contributed by atoms with Gasteiger partial charge in [0.2, 0.25) is 5.91 Å². The van der Waals surface area contributed by atoms with Crippen LogP contribution in [0.15, 0.2) is 0 Å². The van der Waals surface area contributed by atoms with Crippen molar-refractivity contribution in [1.29, 1.82) is 0 Å². The molecule has 0 aromatic heterocycles. The number of hydrogen-bond acceptors (Lipinski definition) is 3. The van der Waals surface area contributed by atoms with Crippen LogP contribution in [0.5, 0.6) is 0 Å². The molecule has 0 aliphatic carbocycles. The van der Waals surface area contributed by atoms with E-state index in [0.29, 0.717) is 25.3 Å². The van der Waals surface area contributed by atoms with Crippen LogP contribution < -0.4 is 10.6 Å². The smallest absolute Gasteiger partial charge is 0.309 e. The Morgan fingerprint density at radius 3 is 2.50 bits per heavy atom. The van der Waals surface area contributed by atoms with Crippen LogP contribution in [0, 0.1) is 11.3 Å². The standard InChI is InChI=1S/C13H24N2O3/c1-13(2,12(17)18)5-8-15-11(16)9-10-3-6-14-7-4-10/h10,14H,3-9H2,1-2H3,(H,15,16)(H,17,18). The van der Waals surface area contributed by atoms with Gasteiger partial charge in [-0.3, -0.25) is 9.59 Å². The van der Waals surface area contributed by atoms with Crippen molar-refractivity contribution < 1.29 is 14.7 Å². The van der Waals surface area contributed by atoms with Gasteiger partial charge in [-0.05, 0) is 52.1 Å². The van der Waals surface area contributed by atoms with Gasteiger partial charge in [-0.15, -0.1) is 0 Å². The average Bonchev–Trinajstić information content (AvgIpc) is 2.29. The fourth-order valence-electron chi connectivity index (χ4n) is 2.04. The SMILES string of the molecule is CC(C)(CCNC(=O)CC1CCNCC1)C(=O)O. The van der Waals surface area contributed by atoms with Gasteiger partial charge in [0.1, 0.15) is 0 Å². The summed E-state index contributed by atoms with van der Waals surface area (Å²) >= 11 is 0. The van der Waals surface area contributed by atoms with E-state index in [1.807, 2.05) is 0 Å². The van der Waals surface area contributed by atoms with E-state index < -0.39 is 11.4 Å². The molecule has 18 heavy (non-hydrogen) atoms. The molecule has 1 saturated heterocycles. The van der Waals surface area contributed by atoms with Gasteiger partial charge in [0, 0.05) is 13.0 Å². The normalized spacial score (nSPS) is 17.4. The van der Waals surface area contributed by atoms with Crippen LogP contribution in [0.4, 0.5) is 0 Å². The molecule has 1 amide bonds. The van der Waals surface area contributed by atoms with E-state index in [2.05, 4.69) is 10.6 Å². The molecular formula is C13H24N2O3. The van der Waals surface area contributed by atoms with Crippen molar-refractivity contribution in [2.75, 3.05) is 19.6 Å². The number of aliphatic carboxylic acids is 1. The predicted molar refractivity (Wildman–Crippen MR) is 69.3 cm³/mol. The van der Waals surface area contributed by atoms with Gasteiger partial charge in [-0.1, -0.05) is 0 Å². The maximum Gasteiger partial charge on any atom is 0.309 e. The number of carboxylic acid groups (broad SMARTS) is 1. The summed E-state index contributed by atoms with van der Waals surface area (Å²) in [5.41, 5.74) is -0.776. The lowest BCUT2D eigenvalue weighted by atomic mass is 9.89. The van der Waals surface area contributed by atoms with E-state index in [9.17, 15) is 9.59 Å². The van der Waals surface area contributed by atoms with E-state index in [1.165, 1.54) is 0 Å². The topological polar surface area (TPSA) is 78.4 Å². The molecule has 5 heteroatoms. The van der Waals surface area contributed by atoms with Crippen molar-refractivity contribution in [2.45, 2.75) is 39.5 Å². The summed E-state index contributed by atoms with van der Waals surface area (Å²) in [5, 5.41) is 15.0. The number of amides is 1. The van der Waals surface area contributed by atoms with Crippen LogP contribution >= 0.6 is 0 Å². The molecule has 0 saturated carbocycles. The largest absolute Gasteiger partial charge is 0.481 e. The summed E-state index contributed by atoms with van der Waals surface area (Å²) in [7, 11) is 0. The molecule has 1 rings (SSSR count). The second kappa shape index (κ2) is 6.73. The van der Waals surface area contributed by atoms with Crippen molar-refractivity contribution in [3.8, 4) is 0 Å². The van der Waals surface area contributed by atoms with Gasteiger partial charge >= 0.3 is 5.97 Å². The molecule has 1 heterocycles. The molecule has 0 aromatic carbocycles. The van der Waals surface area contributed by atoms with Gasteiger partial charge in [-0.2, -0.15) is 0 Å². The summed E-state index contributed by atoms with van der Waals surface area (Å²) in [6, 6.07) is 0. The third kappa shape index (κ3) is 5.04. The van der Waals surface area contributed by atoms with Crippen LogP contribution in [-0.4, -0.2) is 36.6 Å². The van der Waals surface area contributed by atoms with Crippen molar-refractivity contribution in [2.24, 2.45) is 11.3 Å². The second-order valence-electron chi connectivity index (χ2n) is 5.69. The van der Waals surface area contributed by atoms with Gasteiger partial charge in [0.05, 0.1) is 5.41 Å². The van der Waals surface area contributed by atoms with Gasteiger partial charge in [0.15, 0.2) is 0 Å². The molecule has 5 nitrogen and oxygen atoms in total. The number of carbonyl (C=O) groups excluding carboxylic acids is 1. The highest BCUT2D eigenvalue weighted by Crippen LogP contribution is 2.19. The number of carbonyl (C=O) groups is 2. The molecule has 104 valence electrons. The highest BCUT2D eigenvalue weighted by Gasteiger charge is 2.26. The number of rotatable bonds is 6. The first-order valence-corrected chi connectivity index (χ1v) is 6.62.